The molecule has 0 amide bonds. The largest absolute Gasteiger partial charge is 0.341 e. The topological polar surface area (TPSA) is 206 Å². The number of terminal acetylenes is 1. The second-order valence-electron chi connectivity index (χ2n) is 21.9. The summed E-state index contributed by atoms with van der Waals surface area (Å²) in [5.41, 5.74) is 11.3. The molecule has 0 unspecified atom stereocenters. The zero-order valence-electron chi connectivity index (χ0n) is 44.7. The number of hydrogen-bond acceptors (Lipinski definition) is 14. The third-order valence-corrected chi connectivity index (χ3v) is 14.8. The third kappa shape index (κ3) is 17.7. The minimum Gasteiger partial charge on any atom is -0.341 e. The highest BCUT2D eigenvalue weighted by Crippen LogP contribution is 2.40. The lowest BCUT2D eigenvalue weighted by atomic mass is 10.0. The van der Waals surface area contributed by atoms with Gasteiger partial charge in [-0.15, -0.1) is 17.5 Å². The molecule has 17 nitrogen and oxygen atoms in total. The molecular formula is C55H74ClN17Si2. The fraction of sp³-hybridized carbons (Fsp3) is 0.509. The van der Waals surface area contributed by atoms with E-state index < -0.39 is 16.1 Å². The van der Waals surface area contributed by atoms with E-state index in [-0.39, 0.29) is 5.28 Å². The average molecular weight is 1060 g/mol. The summed E-state index contributed by atoms with van der Waals surface area (Å²) in [6, 6.07) is 5.93. The van der Waals surface area contributed by atoms with Gasteiger partial charge in [0.1, 0.15) is 22.0 Å². The van der Waals surface area contributed by atoms with Crippen molar-refractivity contribution in [2.75, 3.05) is 51.9 Å². The van der Waals surface area contributed by atoms with Crippen LogP contribution in [0.25, 0.3) is 0 Å². The fourth-order valence-corrected chi connectivity index (χ4v) is 9.60. The van der Waals surface area contributed by atoms with Gasteiger partial charge in [-0.1, -0.05) is 95.6 Å². The average Bonchev–Trinajstić information content (AvgIpc) is 4.29. The van der Waals surface area contributed by atoms with Crippen LogP contribution < -0.4 is 25.8 Å². The van der Waals surface area contributed by atoms with Crippen molar-refractivity contribution < 1.29 is 0 Å². The normalized spacial score (nSPS) is 16.3. The maximum atomic E-state index is 5.91. The highest BCUT2D eigenvalue weighted by atomic mass is 35.5. The molecule has 5 fully saturated rings. The van der Waals surface area contributed by atoms with Crippen LogP contribution in [0.1, 0.15) is 143 Å². The molecule has 3 saturated carbocycles. The Labute approximate surface area is 450 Å². The summed E-state index contributed by atoms with van der Waals surface area (Å²) in [7, 11) is -2.93. The predicted octanol–water partition coefficient (Wildman–Crippen LogP) is 12.0. The first-order valence-electron chi connectivity index (χ1n) is 27.0. The number of aromatic nitrogens is 12. The quantitative estimate of drug-likeness (QED) is 0.0429. The van der Waals surface area contributed by atoms with Crippen LogP contribution in [0.4, 0.5) is 46.8 Å². The van der Waals surface area contributed by atoms with Crippen LogP contribution in [0.2, 0.25) is 44.6 Å². The van der Waals surface area contributed by atoms with Crippen molar-refractivity contribution in [1.82, 2.24) is 60.5 Å². The van der Waals surface area contributed by atoms with E-state index in [1.807, 2.05) is 24.4 Å². The summed E-state index contributed by atoms with van der Waals surface area (Å²) < 4.78 is 0. The van der Waals surface area contributed by atoms with E-state index in [2.05, 4.69) is 149 Å². The molecule has 0 bridgehead atoms. The third-order valence-electron chi connectivity index (χ3n) is 12.9. The monoisotopic (exact) mass is 1060 g/mol. The molecule has 20 heteroatoms. The van der Waals surface area contributed by atoms with Gasteiger partial charge in [0.2, 0.25) is 17.2 Å². The molecular weight excluding hydrogens is 990 g/mol. The zero-order valence-corrected chi connectivity index (χ0v) is 47.5. The fourth-order valence-electron chi connectivity index (χ4n) is 8.45. The Morgan fingerprint density at radius 1 is 0.560 bits per heavy atom. The van der Waals surface area contributed by atoms with E-state index in [0.717, 1.165) is 78.2 Å². The molecule has 6 aromatic rings. The molecule has 5 aliphatic rings. The Bertz CT molecular complexity index is 2930. The Balaban J connectivity index is 0.000000141. The van der Waals surface area contributed by atoms with Gasteiger partial charge in [0.15, 0.2) is 29.1 Å². The standard InChI is InChI=1S/C17H24N6Si.C17H20N6.C15H18ClN5Si.C6H12/c1-24(2,3)12-8-14-13-18-17(23-10-5-4-6-11-23)21-16(14)20-15-7-9-19-22-15;1-2-12-11-18-17(23-8-4-3-5-9-23)20-16(12)19-15-10-14(21-22-15)13-6-7-13;1-22(2,3)7-6-11-9-17-15(16)19-14(11)18-13-8-12(20-21-13)10-4-5-10;1-2-4-6-5-3-1/h7,9,13H,4-6,10-11H2,1-3H3,(H2,18,19,20,21,22);1,10-11,13H,3-9H2,(H2,18,19,20,21,22);8-10H,4-5H2,1-3H3,(H2,17,18,19,20,21);1-6H2. The first-order chi connectivity index (χ1) is 36.2. The van der Waals surface area contributed by atoms with E-state index in [1.54, 1.807) is 18.6 Å². The number of nitrogens with zero attached hydrogens (tertiary/aromatic N) is 11. The van der Waals surface area contributed by atoms with E-state index in [0.29, 0.717) is 29.0 Å². The lowest BCUT2D eigenvalue weighted by Gasteiger charge is -2.26. The van der Waals surface area contributed by atoms with Gasteiger partial charge in [-0.3, -0.25) is 15.3 Å². The highest BCUT2D eigenvalue weighted by Gasteiger charge is 2.27. The van der Waals surface area contributed by atoms with Gasteiger partial charge in [0.25, 0.3) is 0 Å². The van der Waals surface area contributed by atoms with Gasteiger partial charge in [-0.25, -0.2) is 15.0 Å². The molecule has 0 aromatic carbocycles. The van der Waals surface area contributed by atoms with Gasteiger partial charge in [0, 0.05) is 73.8 Å². The molecule has 0 spiro atoms. The lowest BCUT2D eigenvalue weighted by molar-refractivity contribution is 0.504. The zero-order chi connectivity index (χ0) is 52.6. The van der Waals surface area contributed by atoms with E-state index in [4.69, 9.17) is 23.0 Å². The second kappa shape index (κ2) is 26.2. The van der Waals surface area contributed by atoms with Gasteiger partial charge >= 0.3 is 0 Å². The summed E-state index contributed by atoms with van der Waals surface area (Å²) in [5.74, 6) is 16.1. The molecule has 0 atom stereocenters. The predicted molar refractivity (Wildman–Crippen MR) is 309 cm³/mol. The Hall–Kier alpha value is -6.73. The van der Waals surface area contributed by atoms with Crippen molar-refractivity contribution in [3.8, 4) is 35.3 Å². The molecule has 0 radical (unpaired) electrons. The van der Waals surface area contributed by atoms with E-state index in [9.17, 15) is 0 Å². The second-order valence-corrected chi connectivity index (χ2v) is 31.8. The molecule has 6 N–H and O–H groups in total. The van der Waals surface area contributed by atoms with Crippen LogP contribution in [-0.4, -0.2) is 103 Å². The van der Waals surface area contributed by atoms with Crippen molar-refractivity contribution in [3.63, 3.8) is 0 Å². The van der Waals surface area contributed by atoms with Crippen molar-refractivity contribution in [1.29, 1.82) is 0 Å². The van der Waals surface area contributed by atoms with Gasteiger partial charge in [-0.2, -0.15) is 30.2 Å². The van der Waals surface area contributed by atoms with Crippen LogP contribution in [-0.2, 0) is 0 Å². The Kier molecular flexibility index (Phi) is 19.0. The Morgan fingerprint density at radius 2 is 0.987 bits per heavy atom. The molecule has 75 heavy (non-hydrogen) atoms. The molecule has 11 rings (SSSR count). The van der Waals surface area contributed by atoms with E-state index >= 15 is 0 Å². The van der Waals surface area contributed by atoms with Crippen LogP contribution >= 0.6 is 11.6 Å². The van der Waals surface area contributed by atoms with Crippen LogP contribution in [0.15, 0.2) is 43.0 Å². The number of nitrogens with one attached hydrogen (secondary N) is 6. The molecule has 8 heterocycles. The maximum absolute atomic E-state index is 5.91. The SMILES string of the molecule is C#Cc1cnc(N2CCCCC2)nc1Nc1cc(C2CC2)[nH]n1.C1CCCCC1.C[Si](C)(C)C#Cc1cnc(Cl)nc1Nc1cc(C2CC2)[nH]n1.C[Si](C)(C)C#Cc1cnc(N2CCCCC2)nc1Nc1ccn[nH]1. The van der Waals surface area contributed by atoms with Crippen molar-refractivity contribution in [2.45, 2.75) is 154 Å². The molecule has 2 aliphatic heterocycles. The number of halogens is 1. The smallest absolute Gasteiger partial charge is 0.227 e. The molecule has 2 saturated heterocycles. The van der Waals surface area contributed by atoms with Crippen LogP contribution in [0.3, 0.4) is 0 Å². The first kappa shape index (κ1) is 54.5. The number of aromatic amines is 3. The minimum atomic E-state index is -1.47. The summed E-state index contributed by atoms with van der Waals surface area (Å²) >= 11 is 5.91. The molecule has 3 aliphatic carbocycles. The van der Waals surface area contributed by atoms with Crippen molar-refractivity contribution in [3.05, 3.63) is 76.3 Å². The number of piperidine rings is 2. The Morgan fingerprint density at radius 3 is 1.41 bits per heavy atom. The maximum Gasteiger partial charge on any atom is 0.227 e. The highest BCUT2D eigenvalue weighted by molar-refractivity contribution is 6.84. The molecule has 394 valence electrons. The van der Waals surface area contributed by atoms with Crippen molar-refractivity contribution in [2.24, 2.45) is 0 Å². The number of H-pyrrole nitrogens is 3. The first-order valence-corrected chi connectivity index (χ1v) is 34.3. The summed E-state index contributed by atoms with van der Waals surface area (Å²) in [4.78, 5) is 31.1. The summed E-state index contributed by atoms with van der Waals surface area (Å²) in [5, 5.41) is 31.5. The van der Waals surface area contributed by atoms with E-state index in [1.165, 1.54) is 108 Å². The lowest BCUT2D eigenvalue weighted by Crippen LogP contribution is -2.31. The summed E-state index contributed by atoms with van der Waals surface area (Å²) in [6.45, 7) is 17.3. The number of hydrogen-bond donors (Lipinski definition) is 6. The van der Waals surface area contributed by atoms with Gasteiger partial charge in [-0.05, 0) is 75.8 Å². The molecule has 6 aromatic heterocycles. The summed E-state index contributed by atoms with van der Waals surface area (Å²) in [6.07, 6.45) is 33.8. The van der Waals surface area contributed by atoms with Crippen molar-refractivity contribution >= 4 is 74.6 Å². The minimum absolute atomic E-state index is 0.194. The van der Waals surface area contributed by atoms with Crippen LogP contribution in [0.5, 0.6) is 0 Å². The van der Waals surface area contributed by atoms with Gasteiger partial charge in [0.05, 0.1) is 35.3 Å². The van der Waals surface area contributed by atoms with Crippen LogP contribution in [0, 0.1) is 35.3 Å². The number of rotatable bonds is 10. The number of anilines is 8. The van der Waals surface area contributed by atoms with Gasteiger partial charge < -0.3 is 25.8 Å².